The molecule has 75 valence electrons. The summed E-state index contributed by atoms with van der Waals surface area (Å²) in [5.74, 6) is -1.01. The van der Waals surface area contributed by atoms with Crippen molar-refractivity contribution < 1.29 is 19.3 Å². The highest BCUT2D eigenvalue weighted by atomic mass is 16.6. The van der Waals surface area contributed by atoms with E-state index in [9.17, 15) is 9.59 Å². The van der Waals surface area contributed by atoms with Crippen LogP contribution in [0.4, 0.5) is 4.79 Å². The highest BCUT2D eigenvalue weighted by Crippen LogP contribution is 1.79. The molecule has 0 bridgehead atoms. The van der Waals surface area contributed by atoms with Gasteiger partial charge in [-0.2, -0.15) is 5.26 Å². The van der Waals surface area contributed by atoms with E-state index >= 15 is 0 Å². The van der Waals surface area contributed by atoms with Gasteiger partial charge < -0.3 is 4.84 Å². The molecule has 0 spiro atoms. The van der Waals surface area contributed by atoms with Gasteiger partial charge in [-0.25, -0.2) is 10.3 Å². The standard InChI is InChI=1S/C6H7N4O4/c1-13-9-4(3-7)5(11)8-6(12)10-14-2/h2H2,1H3,(H2,8,10,11,12)/b9-4-. The van der Waals surface area contributed by atoms with E-state index in [2.05, 4.69) is 21.9 Å². The van der Waals surface area contributed by atoms with Crippen LogP contribution in [0, 0.1) is 18.4 Å². The number of carbonyl (C=O) groups is 2. The Hall–Kier alpha value is -2.14. The van der Waals surface area contributed by atoms with E-state index < -0.39 is 17.6 Å². The van der Waals surface area contributed by atoms with Crippen LogP contribution in [0.5, 0.6) is 0 Å². The van der Waals surface area contributed by atoms with Gasteiger partial charge in [0.05, 0.1) is 0 Å². The second-order valence-corrected chi connectivity index (χ2v) is 1.76. The second kappa shape index (κ2) is 6.38. The third kappa shape index (κ3) is 4.03. The maximum atomic E-state index is 11.0. The molecule has 14 heavy (non-hydrogen) atoms. The Labute approximate surface area is 79.4 Å². The lowest BCUT2D eigenvalue weighted by molar-refractivity contribution is -0.114. The summed E-state index contributed by atoms with van der Waals surface area (Å²) in [4.78, 5) is 29.8. The number of nitrogens with one attached hydrogen (secondary N) is 2. The maximum Gasteiger partial charge on any atom is 0.345 e. The minimum atomic E-state index is -1.01. The predicted octanol–water partition coefficient (Wildman–Crippen LogP) is -0.939. The third-order valence-electron chi connectivity index (χ3n) is 0.895. The summed E-state index contributed by atoms with van der Waals surface area (Å²) in [6.07, 6.45) is 0. The largest absolute Gasteiger partial charge is 0.398 e. The molecule has 0 heterocycles. The number of amides is 3. The van der Waals surface area contributed by atoms with Crippen molar-refractivity contribution in [2.75, 3.05) is 7.11 Å². The smallest absolute Gasteiger partial charge is 0.345 e. The summed E-state index contributed by atoms with van der Waals surface area (Å²) in [7, 11) is 3.99. The van der Waals surface area contributed by atoms with E-state index in [0.717, 1.165) is 7.11 Å². The van der Waals surface area contributed by atoms with Gasteiger partial charge in [-0.3, -0.25) is 14.9 Å². The molecule has 2 N–H and O–H groups in total. The molecule has 8 heteroatoms. The normalized spacial score (nSPS) is 9.93. The zero-order valence-corrected chi connectivity index (χ0v) is 7.23. The van der Waals surface area contributed by atoms with Gasteiger partial charge in [0.1, 0.15) is 20.3 Å². The number of hydroxylamine groups is 1. The predicted molar refractivity (Wildman–Crippen MR) is 43.2 cm³/mol. The SMILES string of the molecule is [CH2]ONC(=O)NC(=O)/C(C#N)=N\OC. The van der Waals surface area contributed by atoms with E-state index in [-0.39, 0.29) is 0 Å². The van der Waals surface area contributed by atoms with Crippen LogP contribution in [0.25, 0.3) is 0 Å². The zero-order chi connectivity index (χ0) is 11.0. The van der Waals surface area contributed by atoms with Gasteiger partial charge in [-0.15, -0.1) is 0 Å². The molecule has 0 aliphatic carbocycles. The first-order valence-electron chi connectivity index (χ1n) is 3.19. The lowest BCUT2D eigenvalue weighted by atomic mass is 10.4. The highest BCUT2D eigenvalue weighted by molar-refractivity contribution is 6.46. The van der Waals surface area contributed by atoms with Crippen molar-refractivity contribution in [2.24, 2.45) is 5.16 Å². The van der Waals surface area contributed by atoms with E-state index in [1.807, 2.05) is 0 Å². The number of nitrogens with zero attached hydrogens (tertiary/aromatic N) is 2. The van der Waals surface area contributed by atoms with Gasteiger partial charge in [0.25, 0.3) is 5.91 Å². The number of nitriles is 1. The molecule has 0 aromatic carbocycles. The van der Waals surface area contributed by atoms with Crippen molar-refractivity contribution >= 4 is 17.6 Å². The van der Waals surface area contributed by atoms with Crippen LogP contribution >= 0.6 is 0 Å². The van der Waals surface area contributed by atoms with Crippen molar-refractivity contribution in [3.8, 4) is 6.07 Å². The molecule has 0 aliphatic heterocycles. The Morgan fingerprint density at radius 3 is 2.64 bits per heavy atom. The van der Waals surface area contributed by atoms with Crippen LogP contribution in [-0.4, -0.2) is 24.8 Å². The summed E-state index contributed by atoms with van der Waals surface area (Å²) in [5.41, 5.74) is 1.12. The number of carbonyl (C=O) groups excluding carboxylic acids is 2. The molecule has 0 aromatic rings. The summed E-state index contributed by atoms with van der Waals surface area (Å²) in [6.45, 7) is 0. The molecule has 0 saturated carbocycles. The zero-order valence-electron chi connectivity index (χ0n) is 7.23. The molecule has 0 fully saturated rings. The number of hydrogen-bond donors (Lipinski definition) is 2. The van der Waals surface area contributed by atoms with Gasteiger partial charge in [0, 0.05) is 0 Å². The Morgan fingerprint density at radius 1 is 1.57 bits per heavy atom. The molecule has 0 rings (SSSR count). The number of imide groups is 1. The molecule has 0 unspecified atom stereocenters. The molecule has 0 saturated heterocycles. The number of oxime groups is 1. The van der Waals surface area contributed by atoms with Gasteiger partial charge in [0.15, 0.2) is 0 Å². The third-order valence-corrected chi connectivity index (χ3v) is 0.895. The first-order chi connectivity index (χ1) is 6.65. The Balaban J connectivity index is 4.27. The van der Waals surface area contributed by atoms with Crippen molar-refractivity contribution in [3.05, 3.63) is 7.11 Å². The molecule has 0 aliphatic rings. The first-order valence-corrected chi connectivity index (χ1v) is 3.19. The quantitative estimate of drug-likeness (QED) is 0.450. The first kappa shape index (κ1) is 11.9. The molecule has 0 atom stereocenters. The van der Waals surface area contributed by atoms with Crippen LogP contribution in [0.1, 0.15) is 0 Å². The topological polar surface area (TPSA) is 113 Å². The molecule has 3 amide bonds. The van der Waals surface area contributed by atoms with E-state index in [1.165, 1.54) is 6.07 Å². The maximum absolute atomic E-state index is 11.0. The fourth-order valence-corrected chi connectivity index (χ4v) is 0.457. The van der Waals surface area contributed by atoms with Crippen molar-refractivity contribution in [1.29, 1.82) is 5.26 Å². The van der Waals surface area contributed by atoms with Gasteiger partial charge in [-0.05, 0) is 0 Å². The van der Waals surface area contributed by atoms with Crippen LogP contribution in [0.2, 0.25) is 0 Å². The molecular formula is C6H7N4O4. The van der Waals surface area contributed by atoms with Crippen LogP contribution in [0.3, 0.4) is 0 Å². The Morgan fingerprint density at radius 2 is 2.21 bits per heavy atom. The number of hydrogen-bond acceptors (Lipinski definition) is 6. The fourth-order valence-electron chi connectivity index (χ4n) is 0.457. The van der Waals surface area contributed by atoms with Gasteiger partial charge in [0.2, 0.25) is 5.71 Å². The van der Waals surface area contributed by atoms with Gasteiger partial charge >= 0.3 is 6.03 Å². The van der Waals surface area contributed by atoms with Gasteiger partial charge in [-0.1, -0.05) is 5.16 Å². The molecule has 0 aromatic heterocycles. The number of urea groups is 1. The molecule has 8 nitrogen and oxygen atoms in total. The average Bonchev–Trinajstić information content (AvgIpc) is 2.14. The monoisotopic (exact) mass is 199 g/mol. The van der Waals surface area contributed by atoms with Crippen LogP contribution in [-0.2, 0) is 14.5 Å². The number of rotatable bonds is 3. The minimum Gasteiger partial charge on any atom is -0.398 e. The van der Waals surface area contributed by atoms with Crippen molar-refractivity contribution in [3.63, 3.8) is 0 Å². The Kier molecular flexibility index (Phi) is 5.41. The van der Waals surface area contributed by atoms with E-state index in [1.54, 1.807) is 10.8 Å². The highest BCUT2D eigenvalue weighted by Gasteiger charge is 2.14. The lowest BCUT2D eigenvalue weighted by Gasteiger charge is -2.01. The van der Waals surface area contributed by atoms with E-state index in [4.69, 9.17) is 5.26 Å². The molecular weight excluding hydrogens is 192 g/mol. The van der Waals surface area contributed by atoms with Crippen molar-refractivity contribution in [2.45, 2.75) is 0 Å². The summed E-state index contributed by atoms with van der Waals surface area (Å²) in [5, 5.41) is 13.2. The summed E-state index contributed by atoms with van der Waals surface area (Å²) < 4.78 is 0. The van der Waals surface area contributed by atoms with E-state index in [0.29, 0.717) is 0 Å². The fraction of sp³-hybridized carbons (Fsp3) is 0.167. The Bertz CT molecular complexity index is 293. The summed E-state index contributed by atoms with van der Waals surface area (Å²) >= 11 is 0. The van der Waals surface area contributed by atoms with Crippen molar-refractivity contribution in [1.82, 2.24) is 10.8 Å². The second-order valence-electron chi connectivity index (χ2n) is 1.76. The van der Waals surface area contributed by atoms with Crippen LogP contribution in [0.15, 0.2) is 5.16 Å². The van der Waals surface area contributed by atoms with Crippen LogP contribution < -0.4 is 10.8 Å². The molecule has 1 radical (unpaired) electrons. The lowest BCUT2D eigenvalue weighted by Crippen LogP contribution is -2.41. The summed E-state index contributed by atoms with van der Waals surface area (Å²) in [6, 6.07) is 0.458. The minimum absolute atomic E-state index is 0.591. The average molecular weight is 199 g/mol.